The van der Waals surface area contributed by atoms with E-state index >= 15 is 0 Å². The summed E-state index contributed by atoms with van der Waals surface area (Å²) in [7, 11) is 0. The lowest BCUT2D eigenvalue weighted by molar-refractivity contribution is 0.0240. The minimum Gasteiger partial charge on any atom is -0.444 e. The summed E-state index contributed by atoms with van der Waals surface area (Å²) < 4.78 is 5.54. The van der Waals surface area contributed by atoms with Crippen molar-refractivity contribution in [3.05, 3.63) is 36.0 Å². The van der Waals surface area contributed by atoms with Gasteiger partial charge in [-0.2, -0.15) is 0 Å². The molecule has 1 aliphatic carbocycles. The summed E-state index contributed by atoms with van der Waals surface area (Å²) in [5.41, 5.74) is 2.83. The van der Waals surface area contributed by atoms with Crippen molar-refractivity contribution in [2.75, 3.05) is 36.4 Å². The van der Waals surface area contributed by atoms with E-state index in [1.165, 1.54) is 37.7 Å². The smallest absolute Gasteiger partial charge is 0.410 e. The molecule has 0 bridgehead atoms. The third-order valence-electron chi connectivity index (χ3n) is 6.55. The first-order valence-corrected chi connectivity index (χ1v) is 12.8. The highest BCUT2D eigenvalue weighted by Crippen LogP contribution is 2.27. The van der Waals surface area contributed by atoms with Gasteiger partial charge in [0.2, 0.25) is 0 Å². The molecule has 2 fully saturated rings. The molecule has 1 saturated carbocycles. The van der Waals surface area contributed by atoms with E-state index in [9.17, 15) is 4.79 Å². The lowest BCUT2D eigenvalue weighted by Crippen LogP contribution is -2.50. The number of nitrogens with one attached hydrogen (secondary N) is 1. The number of aromatic nitrogens is 2. The fourth-order valence-corrected chi connectivity index (χ4v) is 4.65. The molecule has 0 unspecified atom stereocenters. The number of hydrogen-bond donors (Lipinski definition) is 1. The standard InChI is InChI=1S/C27H39N5O2/c1-5-20-17-23(21-11-12-28-24(19-21)29-22-9-7-6-8-10-22)30-25(18-20)31-13-15-32(16-14-31)26(33)34-27(2,3)4/h11-12,17-19,22H,5-10,13-16H2,1-4H3,(H,28,29). The molecule has 0 spiro atoms. The van der Waals surface area contributed by atoms with Crippen molar-refractivity contribution >= 4 is 17.7 Å². The molecule has 0 aromatic carbocycles. The van der Waals surface area contributed by atoms with Crippen LogP contribution in [0.5, 0.6) is 0 Å². The predicted octanol–water partition coefficient (Wildman–Crippen LogP) is 5.51. The van der Waals surface area contributed by atoms with Crippen molar-refractivity contribution in [1.29, 1.82) is 0 Å². The summed E-state index contributed by atoms with van der Waals surface area (Å²) in [6.07, 6.45) is 8.94. The number of aryl methyl sites for hydroxylation is 1. The minimum atomic E-state index is -0.477. The van der Waals surface area contributed by atoms with E-state index in [1.54, 1.807) is 4.90 Å². The first-order valence-electron chi connectivity index (χ1n) is 12.8. The molecule has 7 nitrogen and oxygen atoms in total. The Hall–Kier alpha value is -2.83. The summed E-state index contributed by atoms with van der Waals surface area (Å²) in [4.78, 5) is 26.1. The van der Waals surface area contributed by atoms with Gasteiger partial charge >= 0.3 is 6.09 Å². The molecule has 4 rings (SSSR count). The monoisotopic (exact) mass is 465 g/mol. The van der Waals surface area contributed by atoms with Crippen LogP contribution in [0.25, 0.3) is 11.3 Å². The number of ether oxygens (including phenoxy) is 1. The maximum Gasteiger partial charge on any atom is 0.410 e. The fourth-order valence-electron chi connectivity index (χ4n) is 4.65. The largest absolute Gasteiger partial charge is 0.444 e. The van der Waals surface area contributed by atoms with Gasteiger partial charge in [0.15, 0.2) is 0 Å². The minimum absolute atomic E-state index is 0.238. The summed E-state index contributed by atoms with van der Waals surface area (Å²) in [5, 5.41) is 3.63. The highest BCUT2D eigenvalue weighted by atomic mass is 16.6. The Bertz CT molecular complexity index is 973. The number of carbonyl (C=O) groups excluding carboxylic acids is 1. The molecule has 0 atom stereocenters. The number of nitrogens with zero attached hydrogens (tertiary/aromatic N) is 4. The van der Waals surface area contributed by atoms with Crippen LogP contribution in [0.2, 0.25) is 0 Å². The number of rotatable bonds is 5. The molecule has 3 heterocycles. The van der Waals surface area contributed by atoms with Gasteiger partial charge in [0.25, 0.3) is 0 Å². The predicted molar refractivity (Wildman–Crippen MR) is 137 cm³/mol. The van der Waals surface area contributed by atoms with Crippen LogP contribution in [0, 0.1) is 0 Å². The Kier molecular flexibility index (Phi) is 7.59. The highest BCUT2D eigenvalue weighted by Gasteiger charge is 2.26. The average molecular weight is 466 g/mol. The van der Waals surface area contributed by atoms with Gasteiger partial charge in [0, 0.05) is 44.0 Å². The van der Waals surface area contributed by atoms with Crippen LogP contribution >= 0.6 is 0 Å². The van der Waals surface area contributed by atoms with E-state index < -0.39 is 5.60 Å². The van der Waals surface area contributed by atoms with E-state index in [4.69, 9.17) is 9.72 Å². The number of pyridine rings is 2. The third kappa shape index (κ3) is 6.39. The molecule has 1 saturated heterocycles. The molecule has 2 aromatic heterocycles. The first kappa shape index (κ1) is 24.3. The van der Waals surface area contributed by atoms with Crippen LogP contribution in [-0.2, 0) is 11.2 Å². The lowest BCUT2D eigenvalue weighted by atomic mass is 9.95. The van der Waals surface area contributed by atoms with Gasteiger partial charge in [-0.15, -0.1) is 0 Å². The molecule has 0 radical (unpaired) electrons. The van der Waals surface area contributed by atoms with Crippen molar-refractivity contribution in [3.63, 3.8) is 0 Å². The van der Waals surface area contributed by atoms with Gasteiger partial charge in [0.05, 0.1) is 5.69 Å². The van der Waals surface area contributed by atoms with Crippen molar-refractivity contribution in [2.45, 2.75) is 77.9 Å². The molecular weight excluding hydrogens is 426 g/mol. The average Bonchev–Trinajstić information content (AvgIpc) is 2.83. The van der Waals surface area contributed by atoms with Gasteiger partial charge in [-0.3, -0.25) is 0 Å². The number of piperazine rings is 1. The van der Waals surface area contributed by atoms with Gasteiger partial charge in [-0.05, 0) is 69.9 Å². The van der Waals surface area contributed by atoms with E-state index in [-0.39, 0.29) is 6.09 Å². The van der Waals surface area contributed by atoms with Crippen LogP contribution in [-0.4, -0.2) is 58.8 Å². The molecule has 1 aliphatic heterocycles. The van der Waals surface area contributed by atoms with E-state index in [1.807, 2.05) is 33.0 Å². The van der Waals surface area contributed by atoms with Gasteiger partial charge < -0.3 is 19.9 Å². The Morgan fingerprint density at radius 3 is 2.50 bits per heavy atom. The maximum absolute atomic E-state index is 12.4. The second-order valence-electron chi connectivity index (χ2n) is 10.4. The van der Waals surface area contributed by atoms with Crippen molar-refractivity contribution < 1.29 is 9.53 Å². The fraction of sp³-hybridized carbons (Fsp3) is 0.593. The van der Waals surface area contributed by atoms with E-state index in [2.05, 4.69) is 40.3 Å². The second kappa shape index (κ2) is 10.6. The van der Waals surface area contributed by atoms with Crippen LogP contribution in [0.4, 0.5) is 16.4 Å². The maximum atomic E-state index is 12.4. The van der Waals surface area contributed by atoms with Gasteiger partial charge in [0.1, 0.15) is 17.2 Å². The van der Waals surface area contributed by atoms with E-state index in [0.717, 1.165) is 42.4 Å². The normalized spacial score (nSPS) is 17.5. The molecule has 34 heavy (non-hydrogen) atoms. The molecular formula is C27H39N5O2. The summed E-state index contributed by atoms with van der Waals surface area (Å²) in [5.74, 6) is 1.90. The van der Waals surface area contributed by atoms with Crippen molar-refractivity contribution in [1.82, 2.24) is 14.9 Å². The zero-order valence-electron chi connectivity index (χ0n) is 21.1. The first-order chi connectivity index (χ1) is 16.3. The summed E-state index contributed by atoms with van der Waals surface area (Å²) >= 11 is 0. The Labute approximate surface area is 203 Å². The van der Waals surface area contributed by atoms with Crippen molar-refractivity contribution in [2.24, 2.45) is 0 Å². The Balaban J connectivity index is 1.47. The molecule has 2 aliphatic rings. The molecule has 2 aromatic rings. The van der Waals surface area contributed by atoms with Gasteiger partial charge in [-0.25, -0.2) is 14.8 Å². The topological polar surface area (TPSA) is 70.6 Å². The van der Waals surface area contributed by atoms with Crippen LogP contribution in [0.15, 0.2) is 30.5 Å². The lowest BCUT2D eigenvalue weighted by Gasteiger charge is -2.36. The highest BCUT2D eigenvalue weighted by molar-refractivity contribution is 5.69. The molecule has 7 heteroatoms. The quantitative estimate of drug-likeness (QED) is 0.628. The van der Waals surface area contributed by atoms with Crippen LogP contribution in [0.3, 0.4) is 0 Å². The number of carbonyl (C=O) groups is 1. The number of anilines is 2. The van der Waals surface area contributed by atoms with Gasteiger partial charge in [-0.1, -0.05) is 26.2 Å². The molecule has 1 amide bonds. The number of hydrogen-bond acceptors (Lipinski definition) is 6. The molecule has 184 valence electrons. The summed E-state index contributed by atoms with van der Waals surface area (Å²) in [6, 6.07) is 9.04. The van der Waals surface area contributed by atoms with Crippen molar-refractivity contribution in [3.8, 4) is 11.3 Å². The second-order valence-corrected chi connectivity index (χ2v) is 10.4. The third-order valence-corrected chi connectivity index (χ3v) is 6.55. The SMILES string of the molecule is CCc1cc(-c2ccnc(NC3CCCCC3)c2)nc(N2CCN(C(=O)OC(C)(C)C)CC2)c1. The van der Waals surface area contributed by atoms with Crippen LogP contribution in [0.1, 0.15) is 65.4 Å². The summed E-state index contributed by atoms with van der Waals surface area (Å²) in [6.45, 7) is 10.6. The number of amides is 1. The molecule has 1 N–H and O–H groups in total. The zero-order valence-corrected chi connectivity index (χ0v) is 21.1. The Morgan fingerprint density at radius 1 is 1.09 bits per heavy atom. The Morgan fingerprint density at radius 2 is 1.82 bits per heavy atom. The van der Waals surface area contributed by atoms with E-state index in [0.29, 0.717) is 19.1 Å². The zero-order chi connectivity index (χ0) is 24.1. The van der Waals surface area contributed by atoms with Crippen LogP contribution < -0.4 is 10.2 Å².